The van der Waals surface area contributed by atoms with Crippen molar-refractivity contribution < 1.29 is 14.4 Å². The Morgan fingerprint density at radius 2 is 2.07 bits per heavy atom. The summed E-state index contributed by atoms with van der Waals surface area (Å²) >= 11 is 1.39. The molecule has 1 aromatic heterocycles. The van der Waals surface area contributed by atoms with Gasteiger partial charge in [0.15, 0.2) is 5.13 Å². The minimum absolute atomic E-state index is 0.102. The van der Waals surface area contributed by atoms with E-state index in [9.17, 15) is 14.4 Å². The number of hydrogen-bond donors (Lipinski definition) is 3. The Morgan fingerprint density at radius 1 is 1.28 bits per heavy atom. The summed E-state index contributed by atoms with van der Waals surface area (Å²) in [5.41, 5.74) is 0.664. The SMILES string of the molecule is Cc1cnc(NC(=O)[C@@H](C)N2CC[C@@]3(CCC2=O)NC(=O)c2ccccc2N3)s1. The first kappa shape index (κ1) is 19.4. The summed E-state index contributed by atoms with van der Waals surface area (Å²) in [4.78, 5) is 44.7. The molecule has 2 aromatic rings. The molecular weight excluding hydrogens is 390 g/mol. The highest BCUT2D eigenvalue weighted by Crippen LogP contribution is 2.32. The predicted octanol–water partition coefficient (Wildman–Crippen LogP) is 2.34. The molecule has 1 spiro atoms. The normalized spacial score (nSPS) is 22.3. The fraction of sp³-hybridized carbons (Fsp3) is 0.400. The fourth-order valence-corrected chi connectivity index (χ4v) is 4.48. The van der Waals surface area contributed by atoms with E-state index in [2.05, 4.69) is 20.9 Å². The topological polar surface area (TPSA) is 103 Å². The third kappa shape index (κ3) is 3.82. The van der Waals surface area contributed by atoms with Crippen LogP contribution >= 0.6 is 11.3 Å². The number of nitrogens with zero attached hydrogens (tertiary/aromatic N) is 2. The number of nitrogens with one attached hydrogen (secondary N) is 3. The molecule has 2 aliphatic heterocycles. The summed E-state index contributed by atoms with van der Waals surface area (Å²) in [5, 5.41) is 9.76. The Balaban J connectivity index is 1.48. The molecule has 2 aliphatic rings. The van der Waals surface area contributed by atoms with Crippen LogP contribution in [0.5, 0.6) is 0 Å². The van der Waals surface area contributed by atoms with E-state index in [1.807, 2.05) is 25.1 Å². The van der Waals surface area contributed by atoms with Crippen LogP contribution in [0.3, 0.4) is 0 Å². The van der Waals surface area contributed by atoms with Crippen molar-refractivity contribution in [2.24, 2.45) is 0 Å². The van der Waals surface area contributed by atoms with Crippen LogP contribution < -0.4 is 16.0 Å². The van der Waals surface area contributed by atoms with Gasteiger partial charge in [0.1, 0.15) is 11.7 Å². The molecule has 3 heterocycles. The number of amides is 3. The summed E-state index contributed by atoms with van der Waals surface area (Å²) in [6, 6.07) is 6.70. The van der Waals surface area contributed by atoms with Gasteiger partial charge >= 0.3 is 0 Å². The number of aromatic nitrogens is 1. The smallest absolute Gasteiger partial charge is 0.255 e. The lowest BCUT2D eigenvalue weighted by Gasteiger charge is -2.40. The summed E-state index contributed by atoms with van der Waals surface area (Å²) in [6.07, 6.45) is 2.90. The molecule has 8 nitrogen and oxygen atoms in total. The molecule has 3 amide bonds. The monoisotopic (exact) mass is 413 g/mol. The molecule has 29 heavy (non-hydrogen) atoms. The van der Waals surface area contributed by atoms with Crippen LogP contribution in [0.25, 0.3) is 0 Å². The average molecular weight is 414 g/mol. The van der Waals surface area contributed by atoms with Gasteiger partial charge in [-0.05, 0) is 32.4 Å². The second kappa shape index (κ2) is 7.47. The van der Waals surface area contributed by atoms with Gasteiger partial charge in [-0.2, -0.15) is 0 Å². The van der Waals surface area contributed by atoms with Crippen molar-refractivity contribution in [3.8, 4) is 0 Å². The second-order valence-corrected chi connectivity index (χ2v) is 8.72. The van der Waals surface area contributed by atoms with Crippen LogP contribution in [0.4, 0.5) is 10.8 Å². The predicted molar refractivity (Wildman–Crippen MR) is 111 cm³/mol. The van der Waals surface area contributed by atoms with Gasteiger partial charge in [0.25, 0.3) is 5.91 Å². The Labute approximate surface area is 172 Å². The fourth-order valence-electron chi connectivity index (χ4n) is 3.81. The average Bonchev–Trinajstić information content (AvgIpc) is 3.04. The van der Waals surface area contributed by atoms with Gasteiger partial charge in [0, 0.05) is 36.1 Å². The van der Waals surface area contributed by atoms with Crippen molar-refractivity contribution in [3.63, 3.8) is 0 Å². The summed E-state index contributed by atoms with van der Waals surface area (Å²) in [6.45, 7) is 3.99. The van der Waals surface area contributed by atoms with Crippen LogP contribution in [0.2, 0.25) is 0 Å². The maximum Gasteiger partial charge on any atom is 0.255 e. The van der Waals surface area contributed by atoms with Crippen molar-refractivity contribution in [2.45, 2.75) is 44.8 Å². The van der Waals surface area contributed by atoms with E-state index >= 15 is 0 Å². The van der Waals surface area contributed by atoms with Crippen LogP contribution in [0.1, 0.15) is 41.4 Å². The molecule has 1 aromatic carbocycles. The standard InChI is InChI=1S/C20H23N5O3S/c1-12-11-21-19(29-12)22-17(27)13(2)25-10-9-20(8-7-16(25)26)23-15-6-4-3-5-14(15)18(28)24-20/h3-6,11,13,23H,7-10H2,1-2H3,(H,24,28)(H,21,22,27)/t13-,20-/m1/s1. The van der Waals surface area contributed by atoms with E-state index in [4.69, 9.17) is 0 Å². The molecule has 0 bridgehead atoms. The zero-order valence-electron chi connectivity index (χ0n) is 16.3. The zero-order valence-corrected chi connectivity index (χ0v) is 17.1. The number of likely N-dealkylation sites (tertiary alicyclic amines) is 1. The van der Waals surface area contributed by atoms with Gasteiger partial charge < -0.3 is 20.9 Å². The van der Waals surface area contributed by atoms with Crippen molar-refractivity contribution in [1.82, 2.24) is 15.2 Å². The molecule has 0 unspecified atom stereocenters. The Morgan fingerprint density at radius 3 is 2.83 bits per heavy atom. The quantitative estimate of drug-likeness (QED) is 0.717. The first-order chi connectivity index (χ1) is 13.9. The minimum Gasteiger partial charge on any atom is -0.362 e. The number of anilines is 2. The first-order valence-electron chi connectivity index (χ1n) is 9.59. The van der Waals surface area contributed by atoms with Crippen LogP contribution in [-0.4, -0.2) is 45.9 Å². The first-order valence-corrected chi connectivity index (χ1v) is 10.4. The molecule has 152 valence electrons. The number of hydrogen-bond acceptors (Lipinski definition) is 6. The van der Waals surface area contributed by atoms with Crippen molar-refractivity contribution in [2.75, 3.05) is 17.2 Å². The molecular formula is C20H23N5O3S. The maximum absolute atomic E-state index is 12.8. The third-order valence-electron chi connectivity index (χ3n) is 5.46. The molecule has 0 aliphatic carbocycles. The minimum atomic E-state index is -0.696. The second-order valence-electron chi connectivity index (χ2n) is 7.49. The lowest BCUT2D eigenvalue weighted by Crippen LogP contribution is -2.58. The van der Waals surface area contributed by atoms with Crippen molar-refractivity contribution in [1.29, 1.82) is 0 Å². The number of rotatable bonds is 3. The summed E-state index contributed by atoms with van der Waals surface area (Å²) in [7, 11) is 0. The van der Waals surface area contributed by atoms with E-state index in [0.717, 1.165) is 10.6 Å². The summed E-state index contributed by atoms with van der Waals surface area (Å²) in [5.74, 6) is -0.519. The van der Waals surface area contributed by atoms with Crippen LogP contribution in [0.15, 0.2) is 30.5 Å². The molecule has 1 saturated heterocycles. The lowest BCUT2D eigenvalue weighted by atomic mass is 9.95. The van der Waals surface area contributed by atoms with Gasteiger partial charge in [-0.1, -0.05) is 12.1 Å². The third-order valence-corrected chi connectivity index (χ3v) is 6.29. The number of benzene rings is 1. The Kier molecular flexibility index (Phi) is 4.99. The van der Waals surface area contributed by atoms with E-state index in [0.29, 0.717) is 30.1 Å². The van der Waals surface area contributed by atoms with Gasteiger partial charge in [0.05, 0.1) is 5.56 Å². The number of fused-ring (bicyclic) bond motifs is 1. The van der Waals surface area contributed by atoms with E-state index < -0.39 is 11.7 Å². The molecule has 1 fully saturated rings. The Hall–Kier alpha value is -2.94. The molecule has 0 radical (unpaired) electrons. The van der Waals surface area contributed by atoms with Gasteiger partial charge in [-0.25, -0.2) is 4.98 Å². The van der Waals surface area contributed by atoms with Gasteiger partial charge in [0.2, 0.25) is 11.8 Å². The van der Waals surface area contributed by atoms with E-state index in [1.54, 1.807) is 24.1 Å². The zero-order chi connectivity index (χ0) is 20.6. The maximum atomic E-state index is 12.8. The van der Waals surface area contributed by atoms with Gasteiger partial charge in [-0.3, -0.25) is 14.4 Å². The number of para-hydroxylation sites is 1. The number of carbonyl (C=O) groups is 3. The molecule has 9 heteroatoms. The Bertz CT molecular complexity index is 975. The van der Waals surface area contributed by atoms with E-state index in [-0.39, 0.29) is 24.1 Å². The van der Waals surface area contributed by atoms with Crippen LogP contribution in [0, 0.1) is 6.92 Å². The summed E-state index contributed by atoms with van der Waals surface area (Å²) < 4.78 is 0. The van der Waals surface area contributed by atoms with E-state index in [1.165, 1.54) is 11.3 Å². The van der Waals surface area contributed by atoms with Crippen molar-refractivity contribution >= 4 is 39.9 Å². The highest BCUT2D eigenvalue weighted by molar-refractivity contribution is 7.15. The number of aryl methyl sites for hydroxylation is 1. The molecule has 3 N–H and O–H groups in total. The lowest BCUT2D eigenvalue weighted by molar-refractivity contribution is -0.137. The highest BCUT2D eigenvalue weighted by atomic mass is 32.1. The highest BCUT2D eigenvalue weighted by Gasteiger charge is 2.41. The largest absolute Gasteiger partial charge is 0.362 e. The molecule has 2 atom stereocenters. The van der Waals surface area contributed by atoms with Crippen LogP contribution in [-0.2, 0) is 9.59 Å². The molecule has 4 rings (SSSR count). The molecule has 0 saturated carbocycles. The van der Waals surface area contributed by atoms with Gasteiger partial charge in [-0.15, -0.1) is 11.3 Å². The number of thiazole rings is 1. The number of carbonyl (C=O) groups excluding carboxylic acids is 3. The van der Waals surface area contributed by atoms with Crippen molar-refractivity contribution in [3.05, 3.63) is 40.9 Å².